The number of imidazole rings is 1. The van der Waals surface area contributed by atoms with Gasteiger partial charge < -0.3 is 4.74 Å². The van der Waals surface area contributed by atoms with Crippen molar-refractivity contribution in [2.24, 2.45) is 0 Å². The van der Waals surface area contributed by atoms with Gasteiger partial charge in [-0.3, -0.25) is 9.38 Å². The Morgan fingerprint density at radius 2 is 1.72 bits per heavy atom. The number of aryl methyl sites for hydroxylation is 1. The summed E-state index contributed by atoms with van der Waals surface area (Å²) in [5.74, 6) is 0.939. The van der Waals surface area contributed by atoms with E-state index in [1.807, 2.05) is 12.3 Å². The van der Waals surface area contributed by atoms with E-state index in [1.165, 1.54) is 11.1 Å². The van der Waals surface area contributed by atoms with Crippen LogP contribution in [0.4, 0.5) is 0 Å². The minimum absolute atomic E-state index is 0.0792. The van der Waals surface area contributed by atoms with Crippen molar-refractivity contribution >= 4 is 27.6 Å². The maximum absolute atomic E-state index is 6.46. The summed E-state index contributed by atoms with van der Waals surface area (Å²) in [5, 5.41) is 1.06. The van der Waals surface area contributed by atoms with Crippen LogP contribution in [0.5, 0.6) is 0 Å². The second kappa shape index (κ2) is 4.96. The molecule has 0 aliphatic carbocycles. The predicted octanol–water partition coefficient (Wildman–Crippen LogP) is 5.29. The first-order valence-corrected chi connectivity index (χ1v) is 10.4. The van der Waals surface area contributed by atoms with E-state index in [1.54, 1.807) is 0 Å². The minimum Gasteiger partial charge on any atom is -0.360 e. The van der Waals surface area contributed by atoms with Crippen molar-refractivity contribution in [1.29, 1.82) is 0 Å². The average Bonchev–Trinajstić information content (AvgIpc) is 3.24. The monoisotopic (exact) mass is 386 g/mol. The van der Waals surface area contributed by atoms with Crippen LogP contribution in [0, 0.1) is 6.92 Å². The molecule has 0 radical (unpaired) electrons. The Labute approximate surface area is 170 Å². The van der Waals surface area contributed by atoms with Crippen LogP contribution in [0.15, 0.2) is 24.4 Å². The first-order chi connectivity index (χ1) is 13.6. The SMILES string of the molecule is Cc1nc2c(C(C)(C)C)nccc2c2nc3cc4c(cc3n12)C1(C)CCC4(C)O1. The van der Waals surface area contributed by atoms with Crippen LogP contribution in [0.2, 0.25) is 0 Å². The molecule has 6 rings (SSSR count). The van der Waals surface area contributed by atoms with Gasteiger partial charge in [-0.25, -0.2) is 9.97 Å². The Morgan fingerprint density at radius 1 is 1.03 bits per heavy atom. The van der Waals surface area contributed by atoms with Gasteiger partial charge >= 0.3 is 0 Å². The summed E-state index contributed by atoms with van der Waals surface area (Å²) in [5.41, 5.74) is 7.21. The molecule has 0 amide bonds. The summed E-state index contributed by atoms with van der Waals surface area (Å²) in [6.45, 7) is 13.0. The maximum atomic E-state index is 6.46. The van der Waals surface area contributed by atoms with Gasteiger partial charge in [0.2, 0.25) is 0 Å². The van der Waals surface area contributed by atoms with Gasteiger partial charge in [0.1, 0.15) is 11.5 Å². The fourth-order valence-corrected chi connectivity index (χ4v) is 5.47. The van der Waals surface area contributed by atoms with Gasteiger partial charge in [0.15, 0.2) is 0 Å². The van der Waals surface area contributed by atoms with Crippen molar-refractivity contribution in [3.8, 4) is 0 Å². The van der Waals surface area contributed by atoms with Crippen LogP contribution in [-0.2, 0) is 21.4 Å². The highest BCUT2D eigenvalue weighted by Crippen LogP contribution is 2.58. The van der Waals surface area contributed by atoms with Crippen molar-refractivity contribution < 1.29 is 4.74 Å². The third kappa shape index (κ3) is 2.06. The molecule has 148 valence electrons. The van der Waals surface area contributed by atoms with Crippen LogP contribution >= 0.6 is 0 Å². The molecule has 5 nitrogen and oxygen atoms in total. The Balaban J connectivity index is 1.75. The third-order valence-electron chi connectivity index (χ3n) is 6.94. The normalized spacial score (nSPS) is 26.1. The molecule has 3 aromatic heterocycles. The summed E-state index contributed by atoms with van der Waals surface area (Å²) in [4.78, 5) is 14.7. The van der Waals surface area contributed by atoms with E-state index < -0.39 is 0 Å². The molecule has 2 unspecified atom stereocenters. The maximum Gasteiger partial charge on any atom is 0.148 e. The van der Waals surface area contributed by atoms with Crippen LogP contribution in [0.1, 0.15) is 70.1 Å². The molecule has 2 atom stereocenters. The zero-order chi connectivity index (χ0) is 20.3. The molecule has 5 heteroatoms. The molecule has 0 saturated carbocycles. The lowest BCUT2D eigenvalue weighted by molar-refractivity contribution is -0.0661. The molecule has 2 bridgehead atoms. The fraction of sp³-hybridized carbons (Fsp3) is 0.458. The molecule has 29 heavy (non-hydrogen) atoms. The van der Waals surface area contributed by atoms with E-state index in [4.69, 9.17) is 14.7 Å². The van der Waals surface area contributed by atoms with Gasteiger partial charge in [0, 0.05) is 17.0 Å². The highest BCUT2D eigenvalue weighted by molar-refractivity contribution is 5.98. The molecule has 1 saturated heterocycles. The van der Waals surface area contributed by atoms with Gasteiger partial charge in [0.05, 0.1) is 33.4 Å². The fourth-order valence-electron chi connectivity index (χ4n) is 5.47. The van der Waals surface area contributed by atoms with E-state index in [0.717, 1.165) is 51.9 Å². The first-order valence-electron chi connectivity index (χ1n) is 10.4. The molecular weight excluding hydrogens is 360 g/mol. The van der Waals surface area contributed by atoms with Crippen molar-refractivity contribution in [3.63, 3.8) is 0 Å². The molecule has 1 fully saturated rings. The zero-order valence-electron chi connectivity index (χ0n) is 17.9. The van der Waals surface area contributed by atoms with Crippen LogP contribution in [0.25, 0.3) is 27.6 Å². The number of hydrogen-bond acceptors (Lipinski definition) is 4. The number of pyridine rings is 1. The van der Waals surface area contributed by atoms with Gasteiger partial charge in [-0.05, 0) is 62.9 Å². The smallest absolute Gasteiger partial charge is 0.148 e. The Hall–Kier alpha value is -2.53. The van der Waals surface area contributed by atoms with E-state index >= 15 is 0 Å². The molecule has 2 aliphatic rings. The average molecular weight is 386 g/mol. The van der Waals surface area contributed by atoms with Crippen molar-refractivity contribution in [2.75, 3.05) is 0 Å². The van der Waals surface area contributed by atoms with Crippen LogP contribution in [0.3, 0.4) is 0 Å². The number of rotatable bonds is 0. The molecule has 1 aromatic carbocycles. The highest BCUT2D eigenvalue weighted by Gasteiger charge is 2.54. The van der Waals surface area contributed by atoms with Gasteiger partial charge in [0.25, 0.3) is 0 Å². The second-order valence-electron chi connectivity index (χ2n) is 10.2. The molecule has 0 N–H and O–H groups in total. The third-order valence-corrected chi connectivity index (χ3v) is 6.94. The van der Waals surface area contributed by atoms with Gasteiger partial charge in [-0.15, -0.1) is 0 Å². The number of fused-ring (bicyclic) bond motifs is 10. The lowest BCUT2D eigenvalue weighted by atomic mass is 9.78. The lowest BCUT2D eigenvalue weighted by Gasteiger charge is -2.22. The Morgan fingerprint density at radius 3 is 2.41 bits per heavy atom. The van der Waals surface area contributed by atoms with Crippen molar-refractivity contribution in [3.05, 3.63) is 47.0 Å². The number of nitrogens with zero attached hydrogens (tertiary/aromatic N) is 4. The summed E-state index contributed by atoms with van der Waals surface area (Å²) in [7, 11) is 0. The van der Waals surface area contributed by atoms with Crippen LogP contribution < -0.4 is 0 Å². The minimum atomic E-state index is -0.191. The zero-order valence-corrected chi connectivity index (χ0v) is 17.9. The molecule has 0 spiro atoms. The molecule has 4 aromatic rings. The van der Waals surface area contributed by atoms with Crippen molar-refractivity contribution in [2.45, 2.75) is 71.0 Å². The largest absolute Gasteiger partial charge is 0.360 e. The first kappa shape index (κ1) is 17.3. The second-order valence-corrected chi connectivity index (χ2v) is 10.2. The Bertz CT molecular complexity index is 1360. The number of hydrogen-bond donors (Lipinski definition) is 0. The van der Waals surface area contributed by atoms with E-state index in [0.29, 0.717) is 0 Å². The molecular formula is C24H26N4O. The predicted molar refractivity (Wildman–Crippen MR) is 114 cm³/mol. The van der Waals surface area contributed by atoms with E-state index in [2.05, 4.69) is 63.1 Å². The number of ether oxygens (including phenoxy) is 1. The summed E-state index contributed by atoms with van der Waals surface area (Å²) in [6, 6.07) is 6.59. The van der Waals surface area contributed by atoms with Crippen molar-refractivity contribution in [1.82, 2.24) is 19.4 Å². The van der Waals surface area contributed by atoms with E-state index in [9.17, 15) is 0 Å². The molecule has 2 aliphatic heterocycles. The summed E-state index contributed by atoms with van der Waals surface area (Å²) >= 11 is 0. The van der Waals surface area contributed by atoms with Gasteiger partial charge in [-0.2, -0.15) is 0 Å². The topological polar surface area (TPSA) is 52.3 Å². The molecule has 5 heterocycles. The summed E-state index contributed by atoms with van der Waals surface area (Å²) in [6.07, 6.45) is 4.02. The Kier molecular flexibility index (Phi) is 2.96. The quantitative estimate of drug-likeness (QED) is 0.412. The number of benzene rings is 1. The van der Waals surface area contributed by atoms with E-state index in [-0.39, 0.29) is 16.6 Å². The summed E-state index contributed by atoms with van der Waals surface area (Å²) < 4.78 is 8.66. The standard InChI is InChI=1S/C24H26N4O/c1-13-26-19-14(7-10-25-20(19)22(2,3)4)21-27-17-11-15-16(12-18(17)28(13)21)24(6)9-8-23(15,5)29-24/h7,10-12H,8-9H2,1-6H3. The number of aromatic nitrogens is 4. The highest BCUT2D eigenvalue weighted by atomic mass is 16.5. The van der Waals surface area contributed by atoms with Crippen LogP contribution in [-0.4, -0.2) is 19.4 Å². The lowest BCUT2D eigenvalue weighted by Crippen LogP contribution is -2.18. The van der Waals surface area contributed by atoms with Gasteiger partial charge in [-0.1, -0.05) is 20.8 Å².